The lowest BCUT2D eigenvalue weighted by atomic mass is 10.1. The molecule has 0 unspecified atom stereocenters. The number of nitrogens with zero attached hydrogens (tertiary/aromatic N) is 2. The molecule has 2 aromatic carbocycles. The molecule has 0 amide bonds. The van der Waals surface area contributed by atoms with E-state index in [1.165, 1.54) is 4.57 Å². The molecule has 2 heterocycles. The Morgan fingerprint density at radius 2 is 1.50 bits per heavy atom. The van der Waals surface area contributed by atoms with Crippen LogP contribution in [0.5, 0.6) is 0 Å². The number of aromatic amines is 1. The molecule has 4 rings (SSSR count). The first-order valence-corrected chi connectivity index (χ1v) is 9.57. The van der Waals surface area contributed by atoms with Crippen LogP contribution in [-0.2, 0) is 19.6 Å². The largest absolute Gasteiger partial charge is 0.358 e. The van der Waals surface area contributed by atoms with Crippen molar-refractivity contribution in [1.29, 1.82) is 0 Å². The van der Waals surface area contributed by atoms with Crippen molar-refractivity contribution >= 4 is 29.0 Å². The van der Waals surface area contributed by atoms with Gasteiger partial charge in [-0.2, -0.15) is 0 Å². The van der Waals surface area contributed by atoms with Crippen LogP contribution in [0, 0.1) is 0 Å². The molecule has 0 bridgehead atoms. The van der Waals surface area contributed by atoms with E-state index in [0.717, 1.165) is 11.1 Å². The van der Waals surface area contributed by atoms with Gasteiger partial charge in [0.1, 0.15) is 5.82 Å². The zero-order valence-electron chi connectivity index (χ0n) is 14.9. The molecule has 2 N–H and O–H groups in total. The van der Waals surface area contributed by atoms with Crippen molar-refractivity contribution in [3.05, 3.63) is 96.1 Å². The Labute approximate surface area is 171 Å². The van der Waals surface area contributed by atoms with Crippen molar-refractivity contribution in [1.82, 2.24) is 14.5 Å². The van der Waals surface area contributed by atoms with Gasteiger partial charge in [-0.1, -0.05) is 59.6 Å². The highest BCUT2D eigenvalue weighted by Crippen LogP contribution is 2.24. The first-order valence-electron chi connectivity index (χ1n) is 8.82. The number of halogens is 2. The molecule has 1 aliphatic heterocycles. The summed E-state index contributed by atoms with van der Waals surface area (Å²) in [7, 11) is 0. The molecule has 8 heteroatoms. The van der Waals surface area contributed by atoms with Crippen LogP contribution in [0.1, 0.15) is 16.7 Å². The maximum absolute atomic E-state index is 12.4. The molecule has 0 saturated carbocycles. The van der Waals surface area contributed by atoms with Crippen LogP contribution >= 0.6 is 23.2 Å². The lowest BCUT2D eigenvalue weighted by Gasteiger charge is -2.31. The summed E-state index contributed by atoms with van der Waals surface area (Å²) in [6, 6.07) is 15.0. The number of benzene rings is 2. The molecule has 1 aromatic heterocycles. The van der Waals surface area contributed by atoms with Gasteiger partial charge in [-0.25, -0.2) is 4.79 Å². The molecule has 6 nitrogen and oxygen atoms in total. The summed E-state index contributed by atoms with van der Waals surface area (Å²) in [5.74, 6) is 0.532. The number of anilines is 1. The van der Waals surface area contributed by atoms with Gasteiger partial charge in [-0.3, -0.25) is 19.2 Å². The lowest BCUT2D eigenvalue weighted by molar-refractivity contribution is 0.263. The van der Waals surface area contributed by atoms with E-state index in [1.807, 2.05) is 42.5 Å². The van der Waals surface area contributed by atoms with Gasteiger partial charge in [0.15, 0.2) is 0 Å². The number of hydrogen-bond acceptors (Lipinski definition) is 4. The van der Waals surface area contributed by atoms with E-state index < -0.39 is 5.69 Å². The standard InChI is InChI=1S/C20H18Cl2N4O2/c21-16-7-3-1-5-13(16)9-25-11-15-18(23-12-25)26(20(28)24-19(15)27)10-14-6-2-4-8-17(14)22/h1-8,23H,9-12H2,(H,24,27,28). The summed E-state index contributed by atoms with van der Waals surface area (Å²) in [6.07, 6.45) is 0. The van der Waals surface area contributed by atoms with E-state index in [0.29, 0.717) is 41.2 Å². The number of hydrogen-bond donors (Lipinski definition) is 2. The van der Waals surface area contributed by atoms with Gasteiger partial charge in [0.25, 0.3) is 5.56 Å². The second-order valence-electron chi connectivity index (χ2n) is 6.68. The third kappa shape index (κ3) is 3.71. The molecule has 0 radical (unpaired) electrons. The fourth-order valence-electron chi connectivity index (χ4n) is 3.35. The Kier molecular flexibility index (Phi) is 5.26. The number of H-pyrrole nitrogens is 1. The van der Waals surface area contributed by atoms with Crippen LogP contribution < -0.4 is 16.6 Å². The Morgan fingerprint density at radius 1 is 0.893 bits per heavy atom. The molecule has 3 aromatic rings. The zero-order chi connectivity index (χ0) is 19.7. The van der Waals surface area contributed by atoms with Gasteiger partial charge in [-0.15, -0.1) is 0 Å². The molecule has 0 spiro atoms. The molecule has 0 fully saturated rings. The highest BCUT2D eigenvalue weighted by atomic mass is 35.5. The van der Waals surface area contributed by atoms with Crippen molar-refractivity contribution in [3.63, 3.8) is 0 Å². The molecular weight excluding hydrogens is 399 g/mol. The third-order valence-corrected chi connectivity index (χ3v) is 5.52. The third-order valence-electron chi connectivity index (χ3n) is 4.79. The predicted molar refractivity (Wildman–Crippen MR) is 111 cm³/mol. The van der Waals surface area contributed by atoms with E-state index in [-0.39, 0.29) is 12.1 Å². The summed E-state index contributed by atoms with van der Waals surface area (Å²) in [6.45, 7) is 1.76. The van der Waals surface area contributed by atoms with Crippen LogP contribution in [0.25, 0.3) is 0 Å². The number of aromatic nitrogens is 2. The van der Waals surface area contributed by atoms with Gasteiger partial charge in [0, 0.05) is 23.1 Å². The summed E-state index contributed by atoms with van der Waals surface area (Å²) < 4.78 is 1.52. The van der Waals surface area contributed by atoms with E-state index in [1.54, 1.807) is 6.07 Å². The Morgan fingerprint density at radius 3 is 2.14 bits per heavy atom. The summed E-state index contributed by atoms with van der Waals surface area (Å²) >= 11 is 12.5. The maximum atomic E-state index is 12.4. The first kappa shape index (κ1) is 18.8. The molecule has 144 valence electrons. The average Bonchev–Trinajstić information content (AvgIpc) is 2.68. The van der Waals surface area contributed by atoms with E-state index in [2.05, 4.69) is 15.2 Å². The molecule has 0 aliphatic carbocycles. The summed E-state index contributed by atoms with van der Waals surface area (Å²) in [5, 5.41) is 4.49. The maximum Gasteiger partial charge on any atom is 0.330 e. The highest BCUT2D eigenvalue weighted by molar-refractivity contribution is 6.31. The van der Waals surface area contributed by atoms with E-state index in [9.17, 15) is 9.59 Å². The quantitative estimate of drug-likeness (QED) is 0.684. The van der Waals surface area contributed by atoms with Gasteiger partial charge in [0.05, 0.1) is 18.8 Å². The van der Waals surface area contributed by atoms with Crippen LogP contribution in [0.15, 0.2) is 58.1 Å². The Bertz CT molecular complexity index is 1140. The lowest BCUT2D eigenvalue weighted by Crippen LogP contribution is -2.43. The Balaban J connectivity index is 1.65. The number of fused-ring (bicyclic) bond motifs is 1. The number of rotatable bonds is 4. The summed E-state index contributed by atoms with van der Waals surface area (Å²) in [4.78, 5) is 29.3. The molecular formula is C20H18Cl2N4O2. The van der Waals surface area contributed by atoms with Crippen molar-refractivity contribution in [2.45, 2.75) is 19.6 Å². The van der Waals surface area contributed by atoms with Gasteiger partial charge < -0.3 is 5.32 Å². The predicted octanol–water partition coefficient (Wildman–Crippen LogP) is 3.28. The van der Waals surface area contributed by atoms with Crippen LogP contribution in [0.4, 0.5) is 5.82 Å². The van der Waals surface area contributed by atoms with Crippen LogP contribution in [-0.4, -0.2) is 21.1 Å². The van der Waals surface area contributed by atoms with Crippen molar-refractivity contribution < 1.29 is 0 Å². The van der Waals surface area contributed by atoms with Crippen LogP contribution in [0.2, 0.25) is 10.0 Å². The number of nitrogens with one attached hydrogen (secondary N) is 2. The Hall–Kier alpha value is -2.54. The monoisotopic (exact) mass is 416 g/mol. The fraction of sp³-hybridized carbons (Fsp3) is 0.200. The fourth-order valence-corrected chi connectivity index (χ4v) is 3.75. The normalized spacial score (nSPS) is 13.8. The van der Waals surface area contributed by atoms with Crippen LogP contribution in [0.3, 0.4) is 0 Å². The second-order valence-corrected chi connectivity index (χ2v) is 7.49. The van der Waals surface area contributed by atoms with Crippen molar-refractivity contribution in [2.75, 3.05) is 12.0 Å². The molecule has 28 heavy (non-hydrogen) atoms. The topological polar surface area (TPSA) is 70.1 Å². The SMILES string of the molecule is O=c1[nH]c(=O)n(Cc2ccccc2Cl)c2c1CN(Cc1ccccc1Cl)CN2. The van der Waals surface area contributed by atoms with Crippen molar-refractivity contribution in [3.8, 4) is 0 Å². The minimum Gasteiger partial charge on any atom is -0.358 e. The molecule has 0 atom stereocenters. The molecule has 0 saturated heterocycles. The van der Waals surface area contributed by atoms with Gasteiger partial charge in [-0.05, 0) is 23.3 Å². The highest BCUT2D eigenvalue weighted by Gasteiger charge is 2.23. The molecule has 1 aliphatic rings. The average molecular weight is 417 g/mol. The van der Waals surface area contributed by atoms with E-state index >= 15 is 0 Å². The van der Waals surface area contributed by atoms with Crippen molar-refractivity contribution in [2.24, 2.45) is 0 Å². The van der Waals surface area contributed by atoms with E-state index in [4.69, 9.17) is 23.2 Å². The minimum atomic E-state index is -0.462. The zero-order valence-corrected chi connectivity index (χ0v) is 16.4. The smallest absolute Gasteiger partial charge is 0.330 e. The minimum absolute atomic E-state index is 0.273. The van der Waals surface area contributed by atoms with Gasteiger partial charge in [0.2, 0.25) is 0 Å². The van der Waals surface area contributed by atoms with Gasteiger partial charge >= 0.3 is 5.69 Å². The first-order chi connectivity index (χ1) is 13.5. The second kappa shape index (κ2) is 7.83. The summed E-state index contributed by atoms with van der Waals surface area (Å²) in [5.41, 5.74) is 1.46.